The Bertz CT molecular complexity index is 544. The number of benzene rings is 1. The van der Waals surface area contributed by atoms with E-state index in [4.69, 9.17) is 15.2 Å². The largest absolute Gasteiger partial charge is 0.485 e. The lowest BCUT2D eigenvalue weighted by atomic mass is 9.79. The molecule has 21 heavy (non-hydrogen) atoms. The topological polar surface area (TPSA) is 64.8 Å². The molecule has 2 unspecified atom stereocenters. The van der Waals surface area contributed by atoms with Crippen LogP contribution in [0.1, 0.15) is 20.3 Å². The minimum absolute atomic E-state index is 0.00974. The maximum atomic E-state index is 12.6. The van der Waals surface area contributed by atoms with Gasteiger partial charge in [0.25, 0.3) is 5.91 Å². The summed E-state index contributed by atoms with van der Waals surface area (Å²) in [5.74, 6) is 1.32. The van der Waals surface area contributed by atoms with E-state index in [1.54, 1.807) is 0 Å². The lowest BCUT2D eigenvalue weighted by Gasteiger charge is -2.43. The van der Waals surface area contributed by atoms with Gasteiger partial charge < -0.3 is 20.1 Å². The molecule has 1 aromatic carbocycles. The zero-order valence-corrected chi connectivity index (χ0v) is 12.5. The monoisotopic (exact) mass is 290 g/mol. The third-order valence-electron chi connectivity index (χ3n) is 4.41. The molecular formula is C16H22N2O3. The van der Waals surface area contributed by atoms with Crippen LogP contribution >= 0.6 is 0 Å². The lowest BCUT2D eigenvalue weighted by molar-refractivity contribution is -0.144. The Balaban J connectivity index is 1.70. The highest BCUT2D eigenvalue weighted by atomic mass is 16.6. The van der Waals surface area contributed by atoms with Gasteiger partial charge in [0.1, 0.15) is 6.61 Å². The molecular weight excluding hydrogens is 268 g/mol. The quantitative estimate of drug-likeness (QED) is 0.849. The van der Waals surface area contributed by atoms with E-state index in [0.717, 1.165) is 6.42 Å². The number of nitrogens with two attached hydrogens (primary N) is 1. The molecule has 0 aromatic heterocycles. The van der Waals surface area contributed by atoms with Crippen LogP contribution in [0, 0.1) is 5.41 Å². The van der Waals surface area contributed by atoms with E-state index < -0.39 is 6.10 Å². The first-order valence-corrected chi connectivity index (χ1v) is 7.40. The predicted molar refractivity (Wildman–Crippen MR) is 79.3 cm³/mol. The molecule has 1 aromatic rings. The second-order valence-electron chi connectivity index (χ2n) is 6.51. The second kappa shape index (κ2) is 5.22. The number of nitrogens with zero attached hydrogens (tertiary/aromatic N) is 1. The van der Waals surface area contributed by atoms with E-state index >= 15 is 0 Å². The smallest absolute Gasteiger partial charge is 0.267 e. The Labute approximate surface area is 125 Å². The van der Waals surface area contributed by atoms with Gasteiger partial charge in [0.2, 0.25) is 6.10 Å². The van der Waals surface area contributed by atoms with Crippen molar-refractivity contribution in [1.82, 2.24) is 4.90 Å². The zero-order valence-electron chi connectivity index (χ0n) is 12.5. The normalized spacial score (nSPS) is 27.3. The standard InChI is InChI=1S/C16H22N2O3/c1-16(2)10-18(8-7-14(16)17)15(19)13-9-20-11-5-3-4-6-12(11)21-13/h3-6,13-14H,7-10,17H2,1-2H3. The molecule has 5 heteroatoms. The van der Waals surface area contributed by atoms with Gasteiger partial charge in [-0.3, -0.25) is 4.79 Å². The number of carbonyl (C=O) groups excluding carboxylic acids is 1. The Morgan fingerprint density at radius 3 is 2.76 bits per heavy atom. The highest BCUT2D eigenvalue weighted by Gasteiger charge is 2.39. The molecule has 1 saturated heterocycles. The van der Waals surface area contributed by atoms with Crippen molar-refractivity contribution in [3.8, 4) is 11.5 Å². The second-order valence-corrected chi connectivity index (χ2v) is 6.51. The molecule has 0 bridgehead atoms. The number of hydrogen-bond acceptors (Lipinski definition) is 4. The number of ether oxygens (including phenoxy) is 2. The molecule has 2 heterocycles. The average molecular weight is 290 g/mol. The molecule has 1 fully saturated rings. The van der Waals surface area contributed by atoms with Crippen molar-refractivity contribution in [2.45, 2.75) is 32.4 Å². The van der Waals surface area contributed by atoms with Gasteiger partial charge in [-0.05, 0) is 24.0 Å². The Morgan fingerprint density at radius 1 is 1.33 bits per heavy atom. The highest BCUT2D eigenvalue weighted by Crippen LogP contribution is 2.33. The van der Waals surface area contributed by atoms with Crippen LogP contribution in [0.15, 0.2) is 24.3 Å². The summed E-state index contributed by atoms with van der Waals surface area (Å²) in [6, 6.07) is 7.56. The minimum atomic E-state index is -0.565. The first-order chi connectivity index (χ1) is 9.97. The predicted octanol–water partition coefficient (Wildman–Crippen LogP) is 1.41. The molecule has 3 rings (SSSR count). The van der Waals surface area contributed by atoms with Gasteiger partial charge in [-0.15, -0.1) is 0 Å². The van der Waals surface area contributed by atoms with Crippen LogP contribution in [0.25, 0.3) is 0 Å². The minimum Gasteiger partial charge on any atom is -0.485 e. The van der Waals surface area contributed by atoms with Crippen LogP contribution in [-0.4, -0.2) is 42.6 Å². The molecule has 2 atom stereocenters. The fourth-order valence-corrected chi connectivity index (χ4v) is 2.91. The number of likely N-dealkylation sites (tertiary alicyclic amines) is 1. The summed E-state index contributed by atoms with van der Waals surface area (Å²) >= 11 is 0. The molecule has 0 spiro atoms. The maximum Gasteiger partial charge on any atom is 0.267 e. The summed E-state index contributed by atoms with van der Waals surface area (Å²) in [6.07, 6.45) is 0.258. The average Bonchev–Trinajstić information content (AvgIpc) is 2.48. The maximum absolute atomic E-state index is 12.6. The van der Waals surface area contributed by atoms with Gasteiger partial charge in [0.05, 0.1) is 0 Å². The number of piperidine rings is 1. The SMILES string of the molecule is CC1(C)CN(C(=O)C2COc3ccccc3O2)CCC1N. The number of amides is 1. The molecule has 114 valence electrons. The Hall–Kier alpha value is -1.75. The van der Waals surface area contributed by atoms with Crippen molar-refractivity contribution in [1.29, 1.82) is 0 Å². The van der Waals surface area contributed by atoms with Crippen LogP contribution in [0.3, 0.4) is 0 Å². The third kappa shape index (κ3) is 2.70. The fraction of sp³-hybridized carbons (Fsp3) is 0.562. The van der Waals surface area contributed by atoms with Crippen molar-refractivity contribution in [2.75, 3.05) is 19.7 Å². The number of carbonyl (C=O) groups is 1. The summed E-state index contributed by atoms with van der Waals surface area (Å²) < 4.78 is 11.4. The van der Waals surface area contributed by atoms with Crippen molar-refractivity contribution in [3.63, 3.8) is 0 Å². The number of para-hydroxylation sites is 2. The van der Waals surface area contributed by atoms with Crippen molar-refractivity contribution < 1.29 is 14.3 Å². The molecule has 0 radical (unpaired) electrons. The van der Waals surface area contributed by atoms with Gasteiger partial charge in [0, 0.05) is 19.1 Å². The highest BCUT2D eigenvalue weighted by molar-refractivity contribution is 5.82. The van der Waals surface area contributed by atoms with Crippen LogP contribution in [0.4, 0.5) is 0 Å². The van der Waals surface area contributed by atoms with E-state index in [2.05, 4.69) is 13.8 Å². The van der Waals surface area contributed by atoms with Gasteiger partial charge in [-0.25, -0.2) is 0 Å². The van der Waals surface area contributed by atoms with Crippen molar-refractivity contribution in [2.24, 2.45) is 11.1 Å². The summed E-state index contributed by atoms with van der Waals surface area (Å²) in [7, 11) is 0. The Morgan fingerprint density at radius 2 is 2.05 bits per heavy atom. The summed E-state index contributed by atoms with van der Waals surface area (Å²) in [5, 5.41) is 0. The molecule has 1 amide bonds. The van der Waals surface area contributed by atoms with Crippen LogP contribution in [-0.2, 0) is 4.79 Å². The number of hydrogen-bond donors (Lipinski definition) is 1. The van der Waals surface area contributed by atoms with E-state index in [1.165, 1.54) is 0 Å². The van der Waals surface area contributed by atoms with E-state index in [0.29, 0.717) is 24.6 Å². The molecule has 0 aliphatic carbocycles. The van der Waals surface area contributed by atoms with Gasteiger partial charge in [-0.1, -0.05) is 26.0 Å². The number of fused-ring (bicyclic) bond motifs is 1. The fourth-order valence-electron chi connectivity index (χ4n) is 2.91. The zero-order chi connectivity index (χ0) is 15.0. The Kier molecular flexibility index (Phi) is 3.53. The van der Waals surface area contributed by atoms with Crippen LogP contribution in [0.5, 0.6) is 11.5 Å². The number of rotatable bonds is 1. The molecule has 2 aliphatic rings. The van der Waals surface area contributed by atoms with E-state index in [9.17, 15) is 4.79 Å². The van der Waals surface area contributed by atoms with Crippen LogP contribution in [0.2, 0.25) is 0 Å². The van der Waals surface area contributed by atoms with Gasteiger partial charge in [-0.2, -0.15) is 0 Å². The van der Waals surface area contributed by atoms with Crippen molar-refractivity contribution >= 4 is 5.91 Å². The summed E-state index contributed by atoms with van der Waals surface area (Å²) in [4.78, 5) is 14.5. The van der Waals surface area contributed by atoms with E-state index in [1.807, 2.05) is 29.2 Å². The first-order valence-electron chi connectivity index (χ1n) is 7.40. The lowest BCUT2D eigenvalue weighted by Crippen LogP contribution is -2.57. The summed E-state index contributed by atoms with van der Waals surface area (Å²) in [6.45, 7) is 5.81. The van der Waals surface area contributed by atoms with Gasteiger partial charge >= 0.3 is 0 Å². The molecule has 2 N–H and O–H groups in total. The molecule has 5 nitrogen and oxygen atoms in total. The first kappa shape index (κ1) is 14.2. The van der Waals surface area contributed by atoms with Crippen LogP contribution < -0.4 is 15.2 Å². The third-order valence-corrected chi connectivity index (χ3v) is 4.41. The van der Waals surface area contributed by atoms with Crippen molar-refractivity contribution in [3.05, 3.63) is 24.3 Å². The van der Waals surface area contributed by atoms with Gasteiger partial charge in [0.15, 0.2) is 11.5 Å². The summed E-state index contributed by atoms with van der Waals surface area (Å²) in [5.41, 5.74) is 6.05. The molecule has 0 saturated carbocycles. The molecule has 2 aliphatic heterocycles. The van der Waals surface area contributed by atoms with E-state index in [-0.39, 0.29) is 24.0 Å².